The molecule has 25 heavy (non-hydrogen) atoms. The summed E-state index contributed by atoms with van der Waals surface area (Å²) in [6.07, 6.45) is 1.76. The van der Waals surface area contributed by atoms with Crippen LogP contribution in [0.5, 0.6) is 0 Å². The van der Waals surface area contributed by atoms with E-state index in [4.69, 9.17) is 11.6 Å². The van der Waals surface area contributed by atoms with E-state index in [9.17, 15) is 9.59 Å². The minimum Gasteiger partial charge on any atom is -0.341 e. The summed E-state index contributed by atoms with van der Waals surface area (Å²) in [6.45, 7) is 2.75. The molecular formula is C18H18ClN3O2S. The molecule has 0 atom stereocenters. The van der Waals surface area contributed by atoms with Crippen LogP contribution in [0.4, 0.5) is 0 Å². The molecule has 0 saturated heterocycles. The second kappa shape index (κ2) is 7.37. The van der Waals surface area contributed by atoms with Gasteiger partial charge in [0.05, 0.1) is 28.1 Å². The van der Waals surface area contributed by atoms with Gasteiger partial charge in [0, 0.05) is 24.9 Å². The van der Waals surface area contributed by atoms with Crippen LogP contribution in [0.3, 0.4) is 0 Å². The topological polar surface area (TPSA) is 55.2 Å². The van der Waals surface area contributed by atoms with E-state index in [2.05, 4.69) is 4.98 Å². The van der Waals surface area contributed by atoms with Gasteiger partial charge in [-0.3, -0.25) is 14.2 Å². The largest absolute Gasteiger partial charge is 0.341 e. The SMILES string of the molecule is Cc1cccc2c(=O)n(CCC(=O)N(C)Cc3ccc(Cl)s3)cnc12. The summed E-state index contributed by atoms with van der Waals surface area (Å²) in [5.74, 6) is -0.0271. The minimum atomic E-state index is -0.116. The first kappa shape index (κ1) is 17.6. The molecule has 0 radical (unpaired) electrons. The third kappa shape index (κ3) is 3.91. The fourth-order valence-electron chi connectivity index (χ4n) is 2.66. The number of nitrogens with zero attached hydrogens (tertiary/aromatic N) is 3. The van der Waals surface area contributed by atoms with Gasteiger partial charge in [-0.05, 0) is 30.7 Å². The molecular weight excluding hydrogens is 358 g/mol. The molecule has 0 aliphatic carbocycles. The molecule has 7 heteroatoms. The van der Waals surface area contributed by atoms with E-state index in [-0.39, 0.29) is 17.9 Å². The summed E-state index contributed by atoms with van der Waals surface area (Å²) in [4.78, 5) is 31.9. The maximum absolute atomic E-state index is 12.5. The Hall–Kier alpha value is -2.18. The molecule has 0 unspecified atom stereocenters. The highest BCUT2D eigenvalue weighted by atomic mass is 35.5. The van der Waals surface area contributed by atoms with Crippen molar-refractivity contribution in [3.8, 4) is 0 Å². The molecule has 0 spiro atoms. The van der Waals surface area contributed by atoms with Crippen molar-refractivity contribution in [2.45, 2.75) is 26.4 Å². The minimum absolute atomic E-state index is 0.0271. The van der Waals surface area contributed by atoms with Crippen LogP contribution >= 0.6 is 22.9 Å². The zero-order chi connectivity index (χ0) is 18.0. The fourth-order valence-corrected chi connectivity index (χ4v) is 3.80. The lowest BCUT2D eigenvalue weighted by Crippen LogP contribution is -2.29. The number of amides is 1. The average molecular weight is 376 g/mol. The van der Waals surface area contributed by atoms with Crippen molar-refractivity contribution in [1.29, 1.82) is 0 Å². The lowest BCUT2D eigenvalue weighted by molar-refractivity contribution is -0.130. The smallest absolute Gasteiger partial charge is 0.261 e. The van der Waals surface area contributed by atoms with Crippen LogP contribution in [0.15, 0.2) is 41.5 Å². The first-order valence-electron chi connectivity index (χ1n) is 7.88. The number of para-hydroxylation sites is 1. The van der Waals surface area contributed by atoms with Gasteiger partial charge in [-0.2, -0.15) is 0 Å². The lowest BCUT2D eigenvalue weighted by Gasteiger charge is -2.16. The van der Waals surface area contributed by atoms with Crippen LogP contribution < -0.4 is 5.56 Å². The molecule has 1 aromatic carbocycles. The number of carbonyl (C=O) groups excluding carboxylic acids is 1. The second-order valence-corrected chi connectivity index (χ2v) is 7.72. The van der Waals surface area contributed by atoms with Gasteiger partial charge < -0.3 is 4.90 Å². The fraction of sp³-hybridized carbons (Fsp3) is 0.278. The number of aryl methyl sites for hydroxylation is 2. The maximum atomic E-state index is 12.5. The standard InChI is InChI=1S/C18H18ClN3O2S/c1-12-4-3-5-14-17(12)20-11-22(18(14)24)9-8-16(23)21(2)10-13-6-7-15(19)25-13/h3-7,11H,8-10H2,1-2H3. The zero-order valence-corrected chi connectivity index (χ0v) is 15.6. The molecule has 1 amide bonds. The Morgan fingerprint density at radius 2 is 2.12 bits per heavy atom. The van der Waals surface area contributed by atoms with Gasteiger partial charge in [0.1, 0.15) is 0 Å². The van der Waals surface area contributed by atoms with Gasteiger partial charge in [-0.1, -0.05) is 23.7 Å². The van der Waals surface area contributed by atoms with Crippen LogP contribution in [0.1, 0.15) is 16.9 Å². The number of thiophene rings is 1. The Morgan fingerprint density at radius 1 is 1.32 bits per heavy atom. The summed E-state index contributed by atoms with van der Waals surface area (Å²) >= 11 is 7.37. The third-order valence-corrected chi connectivity index (χ3v) is 5.29. The van der Waals surface area contributed by atoms with E-state index >= 15 is 0 Å². The van der Waals surface area contributed by atoms with Crippen molar-refractivity contribution >= 4 is 39.7 Å². The van der Waals surface area contributed by atoms with E-state index in [1.165, 1.54) is 22.2 Å². The van der Waals surface area contributed by atoms with E-state index in [1.807, 2.05) is 31.2 Å². The van der Waals surface area contributed by atoms with Crippen molar-refractivity contribution in [1.82, 2.24) is 14.5 Å². The molecule has 3 rings (SSSR count). The van der Waals surface area contributed by atoms with Crippen molar-refractivity contribution in [3.63, 3.8) is 0 Å². The molecule has 2 aromatic heterocycles. The Kier molecular flexibility index (Phi) is 5.20. The zero-order valence-electron chi connectivity index (χ0n) is 14.0. The van der Waals surface area contributed by atoms with Crippen molar-refractivity contribution in [2.24, 2.45) is 0 Å². The predicted octanol–water partition coefficient (Wildman–Crippen LogP) is 3.47. The number of benzene rings is 1. The quantitative estimate of drug-likeness (QED) is 0.686. The number of rotatable bonds is 5. The van der Waals surface area contributed by atoms with Crippen molar-refractivity contribution < 1.29 is 4.79 Å². The monoisotopic (exact) mass is 375 g/mol. The highest BCUT2D eigenvalue weighted by Gasteiger charge is 2.12. The van der Waals surface area contributed by atoms with Crippen LogP contribution in [0.2, 0.25) is 4.34 Å². The molecule has 0 saturated carbocycles. The lowest BCUT2D eigenvalue weighted by atomic mass is 10.1. The summed E-state index contributed by atoms with van der Waals surface area (Å²) in [6, 6.07) is 9.27. The molecule has 2 heterocycles. The van der Waals surface area contributed by atoms with E-state index in [1.54, 1.807) is 18.0 Å². The Balaban J connectivity index is 1.68. The number of halogens is 1. The number of hydrogen-bond acceptors (Lipinski definition) is 4. The number of carbonyl (C=O) groups is 1. The summed E-state index contributed by atoms with van der Waals surface area (Å²) in [5.41, 5.74) is 1.56. The first-order valence-corrected chi connectivity index (χ1v) is 9.08. The second-order valence-electron chi connectivity index (χ2n) is 5.92. The Labute approximate surface area is 154 Å². The van der Waals surface area contributed by atoms with E-state index < -0.39 is 0 Å². The van der Waals surface area contributed by atoms with E-state index in [0.717, 1.165) is 10.4 Å². The van der Waals surface area contributed by atoms with Crippen LogP contribution in [0, 0.1) is 6.92 Å². The molecule has 3 aromatic rings. The highest BCUT2D eigenvalue weighted by Crippen LogP contribution is 2.22. The van der Waals surface area contributed by atoms with Gasteiger partial charge >= 0.3 is 0 Å². The van der Waals surface area contributed by atoms with Crippen LogP contribution in [-0.2, 0) is 17.9 Å². The van der Waals surface area contributed by atoms with Gasteiger partial charge in [0.2, 0.25) is 5.91 Å². The normalized spacial score (nSPS) is 11.0. The Morgan fingerprint density at radius 3 is 2.84 bits per heavy atom. The first-order chi connectivity index (χ1) is 12.0. The summed E-state index contributed by atoms with van der Waals surface area (Å²) in [7, 11) is 1.75. The molecule has 0 aliphatic rings. The van der Waals surface area contributed by atoms with Crippen molar-refractivity contribution in [3.05, 3.63) is 61.8 Å². The number of aromatic nitrogens is 2. The van der Waals surface area contributed by atoms with Crippen molar-refractivity contribution in [2.75, 3.05) is 7.05 Å². The molecule has 0 fully saturated rings. The molecule has 0 aliphatic heterocycles. The molecule has 5 nitrogen and oxygen atoms in total. The Bertz CT molecular complexity index is 980. The summed E-state index contributed by atoms with van der Waals surface area (Å²) in [5, 5.41) is 0.580. The van der Waals surface area contributed by atoms with Crippen LogP contribution in [-0.4, -0.2) is 27.4 Å². The summed E-state index contributed by atoms with van der Waals surface area (Å²) < 4.78 is 2.20. The molecule has 0 N–H and O–H groups in total. The number of hydrogen-bond donors (Lipinski definition) is 0. The highest BCUT2D eigenvalue weighted by molar-refractivity contribution is 7.16. The van der Waals surface area contributed by atoms with Crippen LogP contribution in [0.25, 0.3) is 10.9 Å². The molecule has 130 valence electrons. The average Bonchev–Trinajstić information content (AvgIpc) is 2.99. The molecule has 0 bridgehead atoms. The van der Waals surface area contributed by atoms with Gasteiger partial charge in [0.25, 0.3) is 5.56 Å². The number of fused-ring (bicyclic) bond motifs is 1. The van der Waals surface area contributed by atoms with E-state index in [0.29, 0.717) is 28.3 Å². The maximum Gasteiger partial charge on any atom is 0.261 e. The third-order valence-electron chi connectivity index (χ3n) is 4.07. The van der Waals surface area contributed by atoms with Gasteiger partial charge in [0.15, 0.2) is 0 Å². The predicted molar refractivity (Wildman–Crippen MR) is 101 cm³/mol. The van der Waals surface area contributed by atoms with Gasteiger partial charge in [-0.25, -0.2) is 4.98 Å². The van der Waals surface area contributed by atoms with Gasteiger partial charge in [-0.15, -0.1) is 11.3 Å².